The normalized spacial score (nSPS) is 8.27. The van der Waals surface area contributed by atoms with E-state index in [0.29, 0.717) is 5.69 Å². The highest BCUT2D eigenvalue weighted by molar-refractivity contribution is 5.54. The van der Waals surface area contributed by atoms with E-state index in [2.05, 4.69) is 0 Å². The highest BCUT2D eigenvalue weighted by Crippen LogP contribution is 2.22. The molecule has 0 spiro atoms. The topological polar surface area (TPSA) is 46.2 Å². The van der Waals surface area contributed by atoms with Crippen LogP contribution in [0, 0.1) is 6.92 Å². The largest absolute Gasteiger partial charge is 0.506 e. The average Bonchev–Trinajstić information content (AvgIpc) is 2.04. The smallest absolute Gasteiger partial charge is 0.141 e. The van der Waals surface area contributed by atoms with Crippen molar-refractivity contribution >= 4 is 5.69 Å². The van der Waals surface area contributed by atoms with Crippen LogP contribution in [0.4, 0.5) is 5.69 Å². The maximum Gasteiger partial charge on any atom is 0.141 e. The Hall–Kier alpha value is -1.18. The summed E-state index contributed by atoms with van der Waals surface area (Å²) >= 11 is 0. The zero-order chi connectivity index (χ0) is 8.85. The fraction of sp³-hybridized carbons (Fsp3) is 0.333. The van der Waals surface area contributed by atoms with Gasteiger partial charge in [-0.05, 0) is 18.6 Å². The molecule has 0 aliphatic rings. The van der Waals surface area contributed by atoms with Gasteiger partial charge in [-0.25, -0.2) is 0 Å². The Morgan fingerprint density at radius 1 is 1.27 bits per heavy atom. The summed E-state index contributed by atoms with van der Waals surface area (Å²) in [7, 11) is 0. The molecule has 11 heavy (non-hydrogen) atoms. The van der Waals surface area contributed by atoms with Gasteiger partial charge in [-0.3, -0.25) is 0 Å². The van der Waals surface area contributed by atoms with Crippen LogP contribution in [0.5, 0.6) is 5.75 Å². The van der Waals surface area contributed by atoms with Crippen molar-refractivity contribution in [1.29, 1.82) is 0 Å². The van der Waals surface area contributed by atoms with Crippen LogP contribution in [0.1, 0.15) is 19.4 Å². The van der Waals surface area contributed by atoms with E-state index in [-0.39, 0.29) is 5.75 Å². The molecule has 0 saturated carbocycles. The molecular weight excluding hydrogens is 138 g/mol. The summed E-state index contributed by atoms with van der Waals surface area (Å²) in [5.74, 6) is 0.192. The van der Waals surface area contributed by atoms with Crippen molar-refractivity contribution in [3.63, 3.8) is 0 Å². The summed E-state index contributed by atoms with van der Waals surface area (Å²) < 4.78 is 0. The maximum atomic E-state index is 9.08. The number of hydrogen-bond acceptors (Lipinski definition) is 2. The number of aromatic hydroxyl groups is 1. The quantitative estimate of drug-likeness (QED) is 0.444. The number of phenolic OH excluding ortho intramolecular Hbond substituents is 1. The first-order chi connectivity index (χ1) is 5.22. The number of nitrogens with two attached hydrogens (primary N) is 1. The molecule has 0 aromatic heterocycles. The van der Waals surface area contributed by atoms with Gasteiger partial charge >= 0.3 is 0 Å². The Kier molecular flexibility index (Phi) is 4.11. The molecule has 3 N–H and O–H groups in total. The Morgan fingerprint density at radius 3 is 2.18 bits per heavy atom. The number of phenols is 1. The van der Waals surface area contributed by atoms with Gasteiger partial charge in [0.15, 0.2) is 0 Å². The Balaban J connectivity index is 0.000000461. The van der Waals surface area contributed by atoms with Crippen LogP contribution in [-0.2, 0) is 0 Å². The monoisotopic (exact) mass is 153 g/mol. The van der Waals surface area contributed by atoms with Crippen LogP contribution in [0.25, 0.3) is 0 Å². The number of benzene rings is 1. The first-order valence-electron chi connectivity index (χ1n) is 3.76. The third-order valence-corrected chi connectivity index (χ3v) is 1.27. The molecule has 1 rings (SSSR count). The molecule has 0 saturated heterocycles. The number of anilines is 1. The number of nitrogen functional groups attached to an aromatic ring is 1. The van der Waals surface area contributed by atoms with Crippen LogP contribution in [0.2, 0.25) is 0 Å². The van der Waals surface area contributed by atoms with Crippen LogP contribution in [0.3, 0.4) is 0 Å². The summed E-state index contributed by atoms with van der Waals surface area (Å²) in [6.45, 7) is 5.81. The molecule has 0 heterocycles. The Labute approximate surface area is 67.7 Å². The fourth-order valence-corrected chi connectivity index (χ4v) is 0.682. The summed E-state index contributed by atoms with van der Waals surface area (Å²) in [6.07, 6.45) is 0. The lowest BCUT2D eigenvalue weighted by atomic mass is 10.2. The van der Waals surface area contributed by atoms with Crippen molar-refractivity contribution in [1.82, 2.24) is 0 Å². The van der Waals surface area contributed by atoms with Gasteiger partial charge in [0, 0.05) is 0 Å². The minimum absolute atomic E-state index is 0.192. The summed E-state index contributed by atoms with van der Waals surface area (Å²) in [5.41, 5.74) is 6.63. The molecule has 0 atom stereocenters. The number of aryl methyl sites for hydroxylation is 1. The lowest BCUT2D eigenvalue weighted by molar-refractivity contribution is 0.474. The lowest BCUT2D eigenvalue weighted by Gasteiger charge is -1.99. The fourth-order valence-electron chi connectivity index (χ4n) is 0.682. The van der Waals surface area contributed by atoms with E-state index in [4.69, 9.17) is 10.8 Å². The molecule has 0 fully saturated rings. The van der Waals surface area contributed by atoms with Crippen LogP contribution >= 0.6 is 0 Å². The second-order valence-corrected chi connectivity index (χ2v) is 2.01. The predicted octanol–water partition coefficient (Wildman–Crippen LogP) is 2.31. The number of hydrogen-bond donors (Lipinski definition) is 2. The summed E-state index contributed by atoms with van der Waals surface area (Å²) in [5, 5.41) is 9.08. The van der Waals surface area contributed by atoms with E-state index < -0.39 is 0 Å². The molecule has 0 radical (unpaired) electrons. The zero-order valence-corrected chi connectivity index (χ0v) is 7.26. The van der Waals surface area contributed by atoms with Gasteiger partial charge in [-0.2, -0.15) is 0 Å². The van der Waals surface area contributed by atoms with E-state index in [1.165, 1.54) is 0 Å². The minimum atomic E-state index is 0.192. The standard InChI is InChI=1S/C7H9NO.C2H6/c1-5-3-2-4-6(8)7(5)9;1-2/h2-4,9H,8H2,1H3;1-2H3. The highest BCUT2D eigenvalue weighted by atomic mass is 16.3. The molecule has 2 nitrogen and oxygen atoms in total. The third kappa shape index (κ3) is 2.50. The first kappa shape index (κ1) is 9.82. The predicted molar refractivity (Wildman–Crippen MR) is 48.6 cm³/mol. The second kappa shape index (κ2) is 4.61. The molecule has 1 aromatic carbocycles. The third-order valence-electron chi connectivity index (χ3n) is 1.27. The van der Waals surface area contributed by atoms with Gasteiger partial charge in [0.05, 0.1) is 5.69 Å². The molecule has 0 unspecified atom stereocenters. The van der Waals surface area contributed by atoms with E-state index in [1.807, 2.05) is 32.9 Å². The van der Waals surface area contributed by atoms with Crippen LogP contribution in [-0.4, -0.2) is 5.11 Å². The number of para-hydroxylation sites is 1. The van der Waals surface area contributed by atoms with Crippen molar-refractivity contribution in [3.8, 4) is 5.75 Å². The summed E-state index contributed by atoms with van der Waals surface area (Å²) in [4.78, 5) is 0. The molecule has 0 amide bonds. The Bertz CT molecular complexity index is 201. The second-order valence-electron chi connectivity index (χ2n) is 2.01. The molecule has 2 heteroatoms. The molecule has 0 bridgehead atoms. The van der Waals surface area contributed by atoms with Crippen molar-refractivity contribution in [2.45, 2.75) is 20.8 Å². The lowest BCUT2D eigenvalue weighted by Crippen LogP contribution is -1.85. The summed E-state index contributed by atoms with van der Waals surface area (Å²) in [6, 6.07) is 5.29. The van der Waals surface area contributed by atoms with Gasteiger partial charge < -0.3 is 10.8 Å². The molecule has 62 valence electrons. The van der Waals surface area contributed by atoms with E-state index in [9.17, 15) is 0 Å². The molecular formula is C9H15NO. The zero-order valence-electron chi connectivity index (χ0n) is 7.26. The van der Waals surface area contributed by atoms with Crippen molar-refractivity contribution in [2.75, 3.05) is 5.73 Å². The first-order valence-corrected chi connectivity index (χ1v) is 3.76. The van der Waals surface area contributed by atoms with Crippen molar-refractivity contribution < 1.29 is 5.11 Å². The highest BCUT2D eigenvalue weighted by Gasteiger charge is 1.95. The Morgan fingerprint density at radius 2 is 1.82 bits per heavy atom. The molecule has 0 aliphatic carbocycles. The van der Waals surface area contributed by atoms with Gasteiger partial charge in [0.1, 0.15) is 5.75 Å². The SMILES string of the molecule is CC.Cc1cccc(N)c1O. The molecule has 1 aromatic rings. The van der Waals surface area contributed by atoms with Crippen molar-refractivity contribution in [2.24, 2.45) is 0 Å². The van der Waals surface area contributed by atoms with E-state index in [0.717, 1.165) is 5.56 Å². The minimum Gasteiger partial charge on any atom is -0.506 e. The van der Waals surface area contributed by atoms with Crippen LogP contribution in [0.15, 0.2) is 18.2 Å². The number of rotatable bonds is 0. The van der Waals surface area contributed by atoms with Gasteiger partial charge in [-0.1, -0.05) is 26.0 Å². The molecule has 0 aliphatic heterocycles. The van der Waals surface area contributed by atoms with E-state index in [1.54, 1.807) is 6.07 Å². The van der Waals surface area contributed by atoms with Gasteiger partial charge in [0.2, 0.25) is 0 Å². The maximum absolute atomic E-state index is 9.08. The van der Waals surface area contributed by atoms with E-state index >= 15 is 0 Å². The van der Waals surface area contributed by atoms with Crippen molar-refractivity contribution in [3.05, 3.63) is 23.8 Å². The van der Waals surface area contributed by atoms with Gasteiger partial charge in [-0.15, -0.1) is 0 Å². The average molecular weight is 153 g/mol. The van der Waals surface area contributed by atoms with Gasteiger partial charge in [0.25, 0.3) is 0 Å². The van der Waals surface area contributed by atoms with Crippen LogP contribution < -0.4 is 5.73 Å².